The molecule has 1 aromatic rings. The minimum absolute atomic E-state index is 0.672. The van der Waals surface area contributed by atoms with Gasteiger partial charge in [-0.15, -0.1) is 0 Å². The first-order valence-corrected chi connectivity index (χ1v) is 7.78. The Kier molecular flexibility index (Phi) is 6.04. The van der Waals surface area contributed by atoms with Crippen molar-refractivity contribution in [3.05, 3.63) is 29.8 Å². The number of nitrogens with zero attached hydrogens (tertiary/aromatic N) is 3. The number of nitriles is 1. The van der Waals surface area contributed by atoms with Gasteiger partial charge in [0.15, 0.2) is 0 Å². The van der Waals surface area contributed by atoms with Crippen LogP contribution in [0.25, 0.3) is 0 Å². The van der Waals surface area contributed by atoms with E-state index < -0.39 is 0 Å². The molecule has 1 saturated heterocycles. The van der Waals surface area contributed by atoms with E-state index >= 15 is 0 Å². The topological polar surface area (TPSA) is 39.5 Å². The molecule has 1 aromatic carbocycles. The van der Waals surface area contributed by atoms with Gasteiger partial charge in [0.1, 0.15) is 5.75 Å². The van der Waals surface area contributed by atoms with Gasteiger partial charge in [-0.25, -0.2) is 0 Å². The summed E-state index contributed by atoms with van der Waals surface area (Å²) in [6.45, 7) is 7.58. The Hall–Kier alpha value is -1.57. The zero-order valence-electron chi connectivity index (χ0n) is 13.1. The van der Waals surface area contributed by atoms with Crippen molar-refractivity contribution in [2.24, 2.45) is 0 Å². The number of piperazine rings is 1. The van der Waals surface area contributed by atoms with Gasteiger partial charge in [0.2, 0.25) is 0 Å². The lowest BCUT2D eigenvalue weighted by molar-refractivity contribution is 0.0891. The monoisotopic (exact) mass is 287 g/mol. The van der Waals surface area contributed by atoms with Crippen LogP contribution in [0.4, 0.5) is 0 Å². The molecule has 0 N–H and O–H groups in total. The van der Waals surface area contributed by atoms with E-state index in [0.717, 1.165) is 38.4 Å². The molecule has 0 bridgehead atoms. The third-order valence-electron chi connectivity index (χ3n) is 4.20. The van der Waals surface area contributed by atoms with E-state index in [-0.39, 0.29) is 0 Å². The number of benzene rings is 1. The Labute approximate surface area is 127 Å². The molecular weight excluding hydrogens is 262 g/mol. The van der Waals surface area contributed by atoms with E-state index in [4.69, 9.17) is 10.00 Å². The van der Waals surface area contributed by atoms with Crippen LogP contribution in [0.15, 0.2) is 24.3 Å². The smallest absolute Gasteiger partial charge is 0.119 e. The van der Waals surface area contributed by atoms with Crippen molar-refractivity contribution in [3.8, 4) is 11.8 Å². The second-order valence-electron chi connectivity index (χ2n) is 5.68. The lowest BCUT2D eigenvalue weighted by Gasteiger charge is -2.39. The van der Waals surface area contributed by atoms with Crippen molar-refractivity contribution in [1.82, 2.24) is 9.80 Å². The average molecular weight is 287 g/mol. The van der Waals surface area contributed by atoms with Crippen LogP contribution in [0.1, 0.15) is 25.3 Å². The second kappa shape index (κ2) is 8.02. The third kappa shape index (κ3) is 4.73. The van der Waals surface area contributed by atoms with Crippen LogP contribution >= 0.6 is 0 Å². The average Bonchev–Trinajstić information content (AvgIpc) is 2.53. The Bertz CT molecular complexity index is 466. The molecule has 0 saturated carbocycles. The van der Waals surface area contributed by atoms with E-state index in [1.807, 2.05) is 12.1 Å². The zero-order chi connectivity index (χ0) is 15.1. The maximum atomic E-state index is 8.75. The molecule has 1 aliphatic rings. The molecule has 0 aromatic heterocycles. The van der Waals surface area contributed by atoms with Crippen LogP contribution in [0.3, 0.4) is 0 Å². The first-order chi connectivity index (χ1) is 10.2. The highest BCUT2D eigenvalue weighted by Gasteiger charge is 2.22. The van der Waals surface area contributed by atoms with E-state index in [1.54, 1.807) is 12.1 Å². The van der Waals surface area contributed by atoms with E-state index in [1.165, 1.54) is 13.0 Å². The number of hydrogen-bond acceptors (Lipinski definition) is 4. The normalized spacial score (nSPS) is 20.1. The molecule has 0 aliphatic carbocycles. The van der Waals surface area contributed by atoms with Gasteiger partial charge in [0.25, 0.3) is 0 Å². The molecule has 2 rings (SSSR count). The number of rotatable bonds is 6. The molecule has 114 valence electrons. The standard InChI is InChI=1S/C17H25N3O/c1-3-16-14-20(11-10-19(16)2)9-4-12-21-17-7-5-15(13-18)6-8-17/h5-8,16H,3-4,9-12,14H2,1-2H3. The minimum atomic E-state index is 0.672. The fourth-order valence-electron chi connectivity index (χ4n) is 2.76. The SMILES string of the molecule is CCC1CN(CCCOc2ccc(C#N)cc2)CCN1C. The van der Waals surface area contributed by atoms with Crippen molar-refractivity contribution in [1.29, 1.82) is 5.26 Å². The van der Waals surface area contributed by atoms with Gasteiger partial charge in [-0.1, -0.05) is 6.92 Å². The summed E-state index contributed by atoms with van der Waals surface area (Å²) in [5.41, 5.74) is 0.672. The highest BCUT2D eigenvalue weighted by molar-refractivity contribution is 5.34. The Morgan fingerprint density at radius 1 is 1.29 bits per heavy atom. The van der Waals surface area contributed by atoms with Crippen LogP contribution in [-0.4, -0.2) is 55.7 Å². The molecule has 21 heavy (non-hydrogen) atoms. The Morgan fingerprint density at radius 3 is 2.71 bits per heavy atom. The molecule has 1 heterocycles. The quantitative estimate of drug-likeness (QED) is 0.753. The Morgan fingerprint density at radius 2 is 2.05 bits per heavy atom. The lowest BCUT2D eigenvalue weighted by Crippen LogP contribution is -2.51. The Balaban J connectivity index is 1.66. The number of hydrogen-bond donors (Lipinski definition) is 0. The van der Waals surface area contributed by atoms with Crippen LogP contribution in [-0.2, 0) is 0 Å². The van der Waals surface area contributed by atoms with Crippen LogP contribution < -0.4 is 4.74 Å². The second-order valence-corrected chi connectivity index (χ2v) is 5.68. The maximum absolute atomic E-state index is 8.75. The van der Waals surface area contributed by atoms with E-state index in [2.05, 4.69) is 29.8 Å². The fraction of sp³-hybridized carbons (Fsp3) is 0.588. The van der Waals surface area contributed by atoms with Crippen molar-refractivity contribution in [2.75, 3.05) is 39.8 Å². The minimum Gasteiger partial charge on any atom is -0.494 e. The summed E-state index contributed by atoms with van der Waals surface area (Å²) in [6, 6.07) is 10.1. The first kappa shape index (κ1) is 15.8. The van der Waals surface area contributed by atoms with E-state index in [9.17, 15) is 0 Å². The number of ether oxygens (including phenoxy) is 1. The zero-order valence-corrected chi connectivity index (χ0v) is 13.1. The van der Waals surface area contributed by atoms with Gasteiger partial charge in [-0.05, 0) is 44.2 Å². The van der Waals surface area contributed by atoms with Gasteiger partial charge in [0, 0.05) is 32.2 Å². The molecule has 4 nitrogen and oxygen atoms in total. The summed E-state index contributed by atoms with van der Waals surface area (Å²) in [6.07, 6.45) is 2.26. The molecule has 0 amide bonds. The van der Waals surface area contributed by atoms with Crippen molar-refractivity contribution >= 4 is 0 Å². The number of likely N-dealkylation sites (N-methyl/N-ethyl adjacent to an activating group) is 1. The van der Waals surface area contributed by atoms with Crippen LogP contribution in [0, 0.1) is 11.3 Å². The van der Waals surface area contributed by atoms with Gasteiger partial charge >= 0.3 is 0 Å². The highest BCUT2D eigenvalue weighted by atomic mass is 16.5. The van der Waals surface area contributed by atoms with Gasteiger partial charge in [-0.2, -0.15) is 5.26 Å². The van der Waals surface area contributed by atoms with Gasteiger partial charge in [0.05, 0.1) is 18.2 Å². The molecule has 1 fully saturated rings. The molecular formula is C17H25N3O. The fourth-order valence-corrected chi connectivity index (χ4v) is 2.76. The molecule has 1 unspecified atom stereocenters. The maximum Gasteiger partial charge on any atom is 0.119 e. The van der Waals surface area contributed by atoms with Crippen molar-refractivity contribution in [3.63, 3.8) is 0 Å². The van der Waals surface area contributed by atoms with Crippen molar-refractivity contribution in [2.45, 2.75) is 25.8 Å². The van der Waals surface area contributed by atoms with Crippen LogP contribution in [0.2, 0.25) is 0 Å². The third-order valence-corrected chi connectivity index (χ3v) is 4.20. The summed E-state index contributed by atoms with van der Waals surface area (Å²) < 4.78 is 5.72. The lowest BCUT2D eigenvalue weighted by atomic mass is 10.1. The molecule has 0 radical (unpaired) electrons. The van der Waals surface area contributed by atoms with Gasteiger partial charge in [-0.3, -0.25) is 0 Å². The summed E-state index contributed by atoms with van der Waals surface area (Å²) in [5.74, 6) is 0.846. The predicted molar refractivity (Wildman–Crippen MR) is 84.4 cm³/mol. The van der Waals surface area contributed by atoms with Crippen LogP contribution in [0.5, 0.6) is 5.75 Å². The molecule has 1 atom stereocenters. The summed E-state index contributed by atoms with van der Waals surface area (Å²) >= 11 is 0. The predicted octanol–water partition coefficient (Wildman–Crippen LogP) is 2.35. The van der Waals surface area contributed by atoms with Crippen molar-refractivity contribution < 1.29 is 4.74 Å². The summed E-state index contributed by atoms with van der Waals surface area (Å²) in [7, 11) is 2.22. The summed E-state index contributed by atoms with van der Waals surface area (Å²) in [4.78, 5) is 5.00. The molecule has 4 heteroatoms. The molecule has 1 aliphatic heterocycles. The summed E-state index contributed by atoms with van der Waals surface area (Å²) in [5, 5.41) is 8.75. The largest absolute Gasteiger partial charge is 0.494 e. The molecule has 0 spiro atoms. The first-order valence-electron chi connectivity index (χ1n) is 7.78. The highest BCUT2D eigenvalue weighted by Crippen LogP contribution is 2.13. The van der Waals surface area contributed by atoms with E-state index in [0.29, 0.717) is 11.6 Å². The van der Waals surface area contributed by atoms with Gasteiger partial charge < -0.3 is 14.5 Å².